The molecule has 2 N–H and O–H groups in total. The van der Waals surface area contributed by atoms with E-state index in [0.29, 0.717) is 0 Å². The van der Waals surface area contributed by atoms with Crippen LogP contribution < -0.4 is 5.32 Å². The molecule has 0 aromatic heterocycles. The summed E-state index contributed by atoms with van der Waals surface area (Å²) in [6.45, 7) is 0. The van der Waals surface area contributed by atoms with Crippen LogP contribution in [0.15, 0.2) is 78.1 Å². The molecular weight excluding hydrogens is 290 g/mol. The molecule has 1 aliphatic rings. The van der Waals surface area contributed by atoms with Gasteiger partial charge in [0, 0.05) is 0 Å². The van der Waals surface area contributed by atoms with Gasteiger partial charge in [-0.2, -0.15) is 0 Å². The van der Waals surface area contributed by atoms with Crippen molar-refractivity contribution >= 4 is 17.8 Å². The molecule has 0 aliphatic carbocycles. The lowest BCUT2D eigenvalue weighted by Crippen LogP contribution is -2.23. The highest BCUT2D eigenvalue weighted by Gasteiger charge is 2.35. The molecule has 0 fully saturated rings. The van der Waals surface area contributed by atoms with Crippen LogP contribution in [-0.2, 0) is 9.59 Å². The number of rotatable bonds is 4. The summed E-state index contributed by atoms with van der Waals surface area (Å²) < 4.78 is 0. The maximum absolute atomic E-state index is 12.5. The minimum Gasteiger partial charge on any atom is -0.503 e. The van der Waals surface area contributed by atoms with Gasteiger partial charge in [0.2, 0.25) is 0 Å². The van der Waals surface area contributed by atoms with Crippen LogP contribution >= 0.6 is 0 Å². The molecule has 2 aromatic carbocycles. The first-order chi connectivity index (χ1) is 11.2. The number of carbonyl (C=O) groups is 2. The summed E-state index contributed by atoms with van der Waals surface area (Å²) in [5, 5.41) is 12.6. The largest absolute Gasteiger partial charge is 0.503 e. The highest BCUT2D eigenvalue weighted by Crippen LogP contribution is 2.30. The van der Waals surface area contributed by atoms with Crippen LogP contribution in [0.5, 0.6) is 0 Å². The first-order valence-electron chi connectivity index (χ1n) is 7.23. The van der Waals surface area contributed by atoms with Gasteiger partial charge in [0.15, 0.2) is 11.5 Å². The molecule has 0 bridgehead atoms. The lowest BCUT2D eigenvalue weighted by atomic mass is 9.96. The average Bonchev–Trinajstić information content (AvgIpc) is 2.90. The molecular formula is C19H15NO3. The molecule has 23 heavy (non-hydrogen) atoms. The van der Waals surface area contributed by atoms with Crippen molar-refractivity contribution in [2.45, 2.75) is 6.04 Å². The predicted molar refractivity (Wildman–Crippen MR) is 87.5 cm³/mol. The van der Waals surface area contributed by atoms with Gasteiger partial charge in [0.25, 0.3) is 5.91 Å². The normalized spacial score (nSPS) is 17.6. The molecule has 0 radical (unpaired) electrons. The zero-order chi connectivity index (χ0) is 16.2. The summed E-state index contributed by atoms with van der Waals surface area (Å²) >= 11 is 0. The topological polar surface area (TPSA) is 66.4 Å². The molecule has 0 spiro atoms. The number of hydrogen-bond acceptors (Lipinski definition) is 3. The van der Waals surface area contributed by atoms with Crippen LogP contribution in [0.2, 0.25) is 0 Å². The Morgan fingerprint density at radius 1 is 1.00 bits per heavy atom. The van der Waals surface area contributed by atoms with Crippen LogP contribution in [-0.4, -0.2) is 16.8 Å². The number of aliphatic hydroxyl groups is 1. The lowest BCUT2D eigenvalue weighted by molar-refractivity contribution is -0.119. The van der Waals surface area contributed by atoms with Crippen molar-refractivity contribution in [1.82, 2.24) is 5.32 Å². The smallest absolute Gasteiger partial charge is 0.287 e. The van der Waals surface area contributed by atoms with Gasteiger partial charge in [-0.1, -0.05) is 66.7 Å². The predicted octanol–water partition coefficient (Wildman–Crippen LogP) is 2.95. The first kappa shape index (κ1) is 14.8. The highest BCUT2D eigenvalue weighted by atomic mass is 16.3. The summed E-state index contributed by atoms with van der Waals surface area (Å²) in [6, 6.07) is 17.8. The minimum absolute atomic E-state index is 0.0772. The van der Waals surface area contributed by atoms with Gasteiger partial charge in [-0.05, 0) is 17.2 Å². The number of benzene rings is 2. The maximum Gasteiger partial charge on any atom is 0.287 e. The zero-order valence-electron chi connectivity index (χ0n) is 12.3. The van der Waals surface area contributed by atoms with Gasteiger partial charge < -0.3 is 10.4 Å². The first-order valence-corrected chi connectivity index (χ1v) is 7.23. The Morgan fingerprint density at radius 3 is 2.26 bits per heavy atom. The second kappa shape index (κ2) is 6.32. The Balaban J connectivity index is 1.90. The number of carbonyl (C=O) groups excluding carboxylic acids is 2. The van der Waals surface area contributed by atoms with Gasteiger partial charge in [-0.3, -0.25) is 9.59 Å². The molecule has 1 heterocycles. The van der Waals surface area contributed by atoms with Gasteiger partial charge in [0.1, 0.15) is 0 Å². The molecule has 1 aliphatic heterocycles. The Labute approximate surface area is 133 Å². The Hall–Kier alpha value is -3.14. The standard InChI is InChI=1S/C19H15NO3/c21-15(12-11-13-7-3-1-4-8-13)16-17(20-19(23)18(16)22)14-9-5-2-6-10-14/h1-12,17,22H,(H,20,23)/b12-11+. The molecule has 114 valence electrons. The zero-order valence-corrected chi connectivity index (χ0v) is 12.3. The van der Waals surface area contributed by atoms with Crippen molar-refractivity contribution in [1.29, 1.82) is 0 Å². The van der Waals surface area contributed by atoms with E-state index in [1.54, 1.807) is 18.2 Å². The maximum atomic E-state index is 12.5. The second-order valence-corrected chi connectivity index (χ2v) is 5.19. The number of aliphatic hydroxyl groups excluding tert-OH is 1. The van der Waals surface area contributed by atoms with E-state index in [4.69, 9.17) is 0 Å². The fraction of sp³-hybridized carbons (Fsp3) is 0.0526. The van der Waals surface area contributed by atoms with Crippen molar-refractivity contribution in [3.8, 4) is 0 Å². The van der Waals surface area contributed by atoms with E-state index in [9.17, 15) is 14.7 Å². The lowest BCUT2D eigenvalue weighted by Gasteiger charge is -2.13. The third-order valence-corrected chi connectivity index (χ3v) is 3.66. The van der Waals surface area contributed by atoms with E-state index in [2.05, 4.69) is 5.32 Å². The van der Waals surface area contributed by atoms with Crippen LogP contribution in [0, 0.1) is 0 Å². The van der Waals surface area contributed by atoms with Crippen LogP contribution in [0.25, 0.3) is 6.08 Å². The van der Waals surface area contributed by atoms with Gasteiger partial charge in [0.05, 0.1) is 11.6 Å². The van der Waals surface area contributed by atoms with Crippen molar-refractivity contribution < 1.29 is 14.7 Å². The quantitative estimate of drug-likeness (QED) is 0.853. The Kier molecular flexibility index (Phi) is 4.06. The summed E-state index contributed by atoms with van der Waals surface area (Å²) in [5.74, 6) is -1.53. The third kappa shape index (κ3) is 3.06. The summed E-state index contributed by atoms with van der Waals surface area (Å²) in [5.41, 5.74) is 1.70. The highest BCUT2D eigenvalue weighted by molar-refractivity contribution is 6.14. The molecule has 1 atom stereocenters. The summed E-state index contributed by atoms with van der Waals surface area (Å²) in [4.78, 5) is 24.2. The molecule has 0 saturated carbocycles. The molecule has 3 rings (SSSR count). The van der Waals surface area contributed by atoms with Crippen molar-refractivity contribution in [2.75, 3.05) is 0 Å². The summed E-state index contributed by atoms with van der Waals surface area (Å²) in [7, 11) is 0. The van der Waals surface area contributed by atoms with E-state index < -0.39 is 23.5 Å². The monoisotopic (exact) mass is 305 g/mol. The van der Waals surface area contributed by atoms with Gasteiger partial charge in [-0.25, -0.2) is 0 Å². The fourth-order valence-electron chi connectivity index (χ4n) is 2.51. The molecule has 2 aromatic rings. The van der Waals surface area contributed by atoms with Gasteiger partial charge in [-0.15, -0.1) is 0 Å². The molecule has 1 amide bonds. The van der Waals surface area contributed by atoms with Crippen molar-refractivity contribution in [2.24, 2.45) is 0 Å². The third-order valence-electron chi connectivity index (χ3n) is 3.66. The van der Waals surface area contributed by atoms with E-state index in [-0.39, 0.29) is 5.57 Å². The fourth-order valence-corrected chi connectivity index (χ4v) is 2.51. The molecule has 1 unspecified atom stereocenters. The SMILES string of the molecule is O=C(/C=C/c1ccccc1)C1=C(O)C(=O)NC1c1ccccc1. The van der Waals surface area contributed by atoms with E-state index >= 15 is 0 Å². The second-order valence-electron chi connectivity index (χ2n) is 5.19. The molecule has 4 nitrogen and oxygen atoms in total. The van der Waals surface area contributed by atoms with Crippen LogP contribution in [0.4, 0.5) is 0 Å². The van der Waals surface area contributed by atoms with E-state index in [1.165, 1.54) is 6.08 Å². The van der Waals surface area contributed by atoms with E-state index in [1.807, 2.05) is 48.5 Å². The van der Waals surface area contributed by atoms with Crippen molar-refractivity contribution in [3.05, 3.63) is 89.2 Å². The number of allylic oxidation sites excluding steroid dienone is 1. The van der Waals surface area contributed by atoms with Crippen LogP contribution in [0.1, 0.15) is 17.2 Å². The minimum atomic E-state index is -0.629. The van der Waals surface area contributed by atoms with E-state index in [0.717, 1.165) is 11.1 Å². The van der Waals surface area contributed by atoms with Crippen molar-refractivity contribution in [3.63, 3.8) is 0 Å². The molecule has 4 heteroatoms. The summed E-state index contributed by atoms with van der Waals surface area (Å²) in [6.07, 6.45) is 3.03. The molecule has 0 saturated heterocycles. The average molecular weight is 305 g/mol. The Morgan fingerprint density at radius 2 is 1.61 bits per heavy atom. The van der Waals surface area contributed by atoms with Crippen LogP contribution in [0.3, 0.4) is 0 Å². The number of ketones is 1. The number of hydrogen-bond donors (Lipinski definition) is 2. The number of amides is 1. The number of nitrogens with one attached hydrogen (secondary N) is 1. The van der Waals surface area contributed by atoms with Gasteiger partial charge >= 0.3 is 0 Å². The Bertz CT molecular complexity index is 792.